The quantitative estimate of drug-likeness (QED) is 0.219. The molecule has 0 atom stereocenters. The molecule has 0 radical (unpaired) electrons. The average Bonchev–Trinajstić information content (AvgIpc) is 1.86. The van der Waals surface area contributed by atoms with E-state index in [9.17, 15) is 0 Å². The minimum absolute atomic E-state index is 0. The molecule has 0 aromatic carbocycles. The zero-order chi connectivity index (χ0) is 12.6. The van der Waals surface area contributed by atoms with Crippen molar-refractivity contribution in [2.75, 3.05) is 0 Å². The first-order valence-corrected chi connectivity index (χ1v) is 3.76. The number of hydrogen-bond acceptors (Lipinski definition) is 7. The zero-order valence-corrected chi connectivity index (χ0v) is 16.3. The van der Waals surface area contributed by atoms with Crippen LogP contribution in [0.2, 0.25) is 0 Å². The van der Waals surface area contributed by atoms with Crippen molar-refractivity contribution in [2.45, 2.75) is 0 Å². The molecular formula is C3H6Na3O10P. The van der Waals surface area contributed by atoms with Gasteiger partial charge in [0.1, 0.15) is 0 Å². The SMILES string of the molecule is O=C[O-].O=C[O-].O=C[O-].O=P(O)(O)O.[Na+].[Na+].[Na+]. The molecule has 0 aromatic heterocycles. The summed E-state index contributed by atoms with van der Waals surface area (Å²) in [6.07, 6.45) is 0. The van der Waals surface area contributed by atoms with Crippen LogP contribution in [0.3, 0.4) is 0 Å². The van der Waals surface area contributed by atoms with Crippen molar-refractivity contribution >= 4 is 27.2 Å². The summed E-state index contributed by atoms with van der Waals surface area (Å²) in [4.78, 5) is 46.3. The van der Waals surface area contributed by atoms with Gasteiger partial charge in [0.2, 0.25) is 0 Å². The van der Waals surface area contributed by atoms with Gasteiger partial charge in [-0.15, -0.1) is 0 Å². The summed E-state index contributed by atoms with van der Waals surface area (Å²) in [7, 11) is -4.64. The maximum atomic E-state index is 8.88. The van der Waals surface area contributed by atoms with Crippen LogP contribution in [0.5, 0.6) is 0 Å². The molecule has 0 aliphatic rings. The molecule has 10 nitrogen and oxygen atoms in total. The van der Waals surface area contributed by atoms with Crippen molar-refractivity contribution in [2.24, 2.45) is 0 Å². The number of rotatable bonds is 0. The Bertz CT molecular complexity index is 148. The number of carbonyl (C=O) groups is 3. The molecule has 0 saturated carbocycles. The molecule has 0 fully saturated rings. The molecule has 0 unspecified atom stereocenters. The van der Waals surface area contributed by atoms with Crippen molar-refractivity contribution in [3.05, 3.63) is 0 Å². The van der Waals surface area contributed by atoms with Crippen LogP contribution in [0.15, 0.2) is 0 Å². The van der Waals surface area contributed by atoms with Gasteiger partial charge in [0.05, 0.1) is 0 Å². The molecule has 17 heavy (non-hydrogen) atoms. The van der Waals surface area contributed by atoms with E-state index in [2.05, 4.69) is 0 Å². The fourth-order valence-electron chi connectivity index (χ4n) is 0. The van der Waals surface area contributed by atoms with Gasteiger partial charge in [-0.05, 0) is 0 Å². The Kier molecular flexibility index (Phi) is 109. The summed E-state index contributed by atoms with van der Waals surface area (Å²) >= 11 is 0. The van der Waals surface area contributed by atoms with Gasteiger partial charge in [-0.2, -0.15) is 0 Å². The second-order valence-electron chi connectivity index (χ2n) is 0.802. The molecule has 0 bridgehead atoms. The topological polar surface area (TPSA) is 198 Å². The Labute approximate surface area is 163 Å². The first kappa shape index (κ1) is 42.8. The molecule has 0 rings (SSSR count). The van der Waals surface area contributed by atoms with Gasteiger partial charge in [-0.3, -0.25) is 0 Å². The van der Waals surface area contributed by atoms with Crippen LogP contribution >= 0.6 is 7.82 Å². The maximum Gasteiger partial charge on any atom is 1.00 e. The second-order valence-corrected chi connectivity index (χ2v) is 1.83. The van der Waals surface area contributed by atoms with Crippen molar-refractivity contribution in [3.63, 3.8) is 0 Å². The summed E-state index contributed by atoms with van der Waals surface area (Å²) in [5, 5.41) is 24.8. The Morgan fingerprint density at radius 1 is 0.706 bits per heavy atom. The summed E-state index contributed by atoms with van der Waals surface area (Å²) in [5.74, 6) is 0. The second kappa shape index (κ2) is 43.2. The van der Waals surface area contributed by atoms with Crippen LogP contribution in [-0.4, -0.2) is 34.1 Å². The first-order valence-electron chi connectivity index (χ1n) is 2.20. The Hall–Kier alpha value is 1.52. The van der Waals surface area contributed by atoms with Gasteiger partial charge >= 0.3 is 96.5 Å². The van der Waals surface area contributed by atoms with Crippen LogP contribution in [0.1, 0.15) is 0 Å². The van der Waals surface area contributed by atoms with Crippen LogP contribution < -0.4 is 104 Å². The largest absolute Gasteiger partial charge is 1.00 e. The van der Waals surface area contributed by atoms with Gasteiger partial charge in [0.15, 0.2) is 0 Å². The number of carboxylic acid groups (broad SMARTS) is 3. The van der Waals surface area contributed by atoms with Crippen LogP contribution in [0.4, 0.5) is 0 Å². The van der Waals surface area contributed by atoms with Gasteiger partial charge < -0.3 is 44.4 Å². The number of hydrogen-bond donors (Lipinski definition) is 3. The first-order chi connectivity index (χ1) is 6.24. The van der Waals surface area contributed by atoms with Gasteiger partial charge in [-0.25, -0.2) is 4.57 Å². The number of carbonyl (C=O) groups excluding carboxylic acids is 3. The third-order valence-corrected chi connectivity index (χ3v) is 0. The summed E-state index contributed by atoms with van der Waals surface area (Å²) in [5.41, 5.74) is 0. The summed E-state index contributed by atoms with van der Waals surface area (Å²) < 4.78 is 8.88. The molecular weight excluding hydrogens is 296 g/mol. The molecule has 0 aromatic rings. The van der Waals surface area contributed by atoms with Gasteiger partial charge in [0, 0.05) is 19.4 Å². The molecule has 0 aliphatic carbocycles. The summed E-state index contributed by atoms with van der Waals surface area (Å²) in [6, 6.07) is 0. The molecule has 0 amide bonds. The standard InChI is InChI=1S/3CH2O2.3Na.H3O4P/c3*2-1-3;;;;1-5(2,3)4/h3*1H,(H,2,3);;;;(H3,1,2,3,4)/q;;;3*+1;/p-3. The minimum atomic E-state index is -4.64. The summed E-state index contributed by atoms with van der Waals surface area (Å²) in [6.45, 7) is -1.50. The van der Waals surface area contributed by atoms with Crippen LogP contribution in [0.25, 0.3) is 0 Å². The molecule has 0 spiro atoms. The van der Waals surface area contributed by atoms with E-state index >= 15 is 0 Å². The fourth-order valence-corrected chi connectivity index (χ4v) is 0. The molecule has 14 heteroatoms. The molecule has 0 heterocycles. The molecule has 3 N–H and O–H groups in total. The van der Waals surface area contributed by atoms with E-state index < -0.39 is 27.2 Å². The van der Waals surface area contributed by atoms with E-state index in [-0.39, 0.29) is 88.7 Å². The van der Waals surface area contributed by atoms with Crippen molar-refractivity contribution in [1.29, 1.82) is 0 Å². The van der Waals surface area contributed by atoms with E-state index in [1.165, 1.54) is 0 Å². The van der Waals surface area contributed by atoms with E-state index in [0.717, 1.165) is 0 Å². The zero-order valence-electron chi connectivity index (χ0n) is 9.38. The van der Waals surface area contributed by atoms with E-state index in [1.807, 2.05) is 0 Å². The normalized spacial score (nSPS) is 5.59. The molecule has 0 saturated heterocycles. The smallest absolute Gasteiger partial charge is 0.554 e. The Morgan fingerprint density at radius 2 is 0.706 bits per heavy atom. The predicted octanol–water partition coefficient (Wildman–Crippen LogP) is -14.8. The number of phosphoric acid groups is 1. The average molecular weight is 302 g/mol. The monoisotopic (exact) mass is 302 g/mol. The third-order valence-electron chi connectivity index (χ3n) is 0. The van der Waals surface area contributed by atoms with Crippen molar-refractivity contribution < 1.29 is 138 Å². The van der Waals surface area contributed by atoms with Gasteiger partial charge in [-0.1, -0.05) is 0 Å². The van der Waals surface area contributed by atoms with E-state index in [4.69, 9.17) is 48.9 Å². The van der Waals surface area contributed by atoms with Gasteiger partial charge in [0.25, 0.3) is 0 Å². The third kappa shape index (κ3) is 1830. The maximum absolute atomic E-state index is 8.88. The van der Waals surface area contributed by atoms with Crippen molar-refractivity contribution in [3.8, 4) is 0 Å². The van der Waals surface area contributed by atoms with Crippen LogP contribution in [-0.2, 0) is 18.9 Å². The molecule has 86 valence electrons. The van der Waals surface area contributed by atoms with E-state index in [1.54, 1.807) is 0 Å². The Balaban J connectivity index is -0.0000000152. The fraction of sp³-hybridized carbons (Fsp3) is 0. The minimum Gasteiger partial charge on any atom is -0.554 e. The molecule has 0 aliphatic heterocycles. The van der Waals surface area contributed by atoms with Crippen molar-refractivity contribution in [1.82, 2.24) is 0 Å². The van der Waals surface area contributed by atoms with Crippen LogP contribution in [0, 0.1) is 0 Å². The van der Waals surface area contributed by atoms with E-state index in [0.29, 0.717) is 0 Å². The Morgan fingerprint density at radius 3 is 0.706 bits per heavy atom. The predicted molar refractivity (Wildman–Crippen MR) is 32.5 cm³/mol.